The number of fused-ring (bicyclic) bond motifs is 2. The molecule has 2 aromatic carbocycles. The number of anilines is 1. The van der Waals surface area contributed by atoms with Crippen molar-refractivity contribution in [1.82, 2.24) is 19.9 Å². The van der Waals surface area contributed by atoms with Crippen LogP contribution < -0.4 is 11.1 Å². The molecule has 4 aromatic rings. The van der Waals surface area contributed by atoms with Gasteiger partial charge in [-0.1, -0.05) is 19.1 Å². The summed E-state index contributed by atoms with van der Waals surface area (Å²) in [6.45, 7) is 3.91. The summed E-state index contributed by atoms with van der Waals surface area (Å²) in [7, 11) is 0. The molecule has 0 aliphatic rings. The fourth-order valence-corrected chi connectivity index (χ4v) is 3.13. The molecule has 3 N–H and O–H groups in total. The third-order valence-corrected chi connectivity index (χ3v) is 4.80. The minimum atomic E-state index is -0.356. The second-order valence-electron chi connectivity index (χ2n) is 6.74. The average molecular weight is 377 g/mol. The summed E-state index contributed by atoms with van der Waals surface area (Å²) in [4.78, 5) is 22.3. The summed E-state index contributed by atoms with van der Waals surface area (Å²) >= 11 is 0. The summed E-state index contributed by atoms with van der Waals surface area (Å²) in [5.41, 5.74) is 9.51. The highest BCUT2D eigenvalue weighted by molar-refractivity contribution is 6.11. The number of para-hydroxylation sites is 2. The molecule has 0 bridgehead atoms. The van der Waals surface area contributed by atoms with Gasteiger partial charge in [0.2, 0.25) is 0 Å². The Morgan fingerprint density at radius 3 is 2.43 bits per heavy atom. The van der Waals surface area contributed by atoms with Crippen molar-refractivity contribution >= 4 is 33.9 Å². The van der Waals surface area contributed by atoms with E-state index in [4.69, 9.17) is 5.73 Å². The van der Waals surface area contributed by atoms with Crippen LogP contribution in [0.2, 0.25) is 0 Å². The van der Waals surface area contributed by atoms with Crippen LogP contribution in [0.15, 0.2) is 48.5 Å². The van der Waals surface area contributed by atoms with Crippen molar-refractivity contribution in [3.8, 4) is 5.69 Å². The number of nitrogens with one attached hydrogen (secondary N) is 1. The molecule has 0 spiro atoms. The van der Waals surface area contributed by atoms with Crippen LogP contribution in [0, 0.1) is 5.82 Å². The fraction of sp³-hybridized carbons (Fsp3) is 0.190. The molecular weight excluding hydrogens is 357 g/mol. The molecule has 6 nitrogen and oxygen atoms in total. The van der Waals surface area contributed by atoms with E-state index in [1.54, 1.807) is 16.7 Å². The van der Waals surface area contributed by atoms with Crippen LogP contribution in [0.3, 0.4) is 0 Å². The first-order valence-corrected chi connectivity index (χ1v) is 9.13. The lowest BCUT2D eigenvalue weighted by atomic mass is 10.2. The molecule has 142 valence electrons. The number of aromatic nitrogens is 3. The van der Waals surface area contributed by atoms with Gasteiger partial charge in [0.05, 0.1) is 11.0 Å². The number of nitrogens with two attached hydrogens (primary N) is 1. The number of carbonyl (C=O) groups excluding carboxylic acids is 1. The lowest BCUT2D eigenvalue weighted by Crippen LogP contribution is -2.32. The zero-order valence-corrected chi connectivity index (χ0v) is 15.6. The highest BCUT2D eigenvalue weighted by atomic mass is 19.1. The summed E-state index contributed by atoms with van der Waals surface area (Å²) in [5.74, 6) is -0.440. The van der Waals surface area contributed by atoms with E-state index in [-0.39, 0.29) is 29.1 Å². The van der Waals surface area contributed by atoms with Gasteiger partial charge in [0.15, 0.2) is 5.65 Å². The molecule has 28 heavy (non-hydrogen) atoms. The van der Waals surface area contributed by atoms with Crippen LogP contribution in [-0.4, -0.2) is 26.5 Å². The first-order valence-electron chi connectivity index (χ1n) is 9.13. The molecule has 0 fully saturated rings. The number of hydrogen-bond acceptors (Lipinski definition) is 4. The minimum absolute atomic E-state index is 0.00969. The van der Waals surface area contributed by atoms with E-state index in [0.29, 0.717) is 27.9 Å². The maximum absolute atomic E-state index is 13.4. The van der Waals surface area contributed by atoms with Crippen LogP contribution in [-0.2, 0) is 0 Å². The first-order chi connectivity index (χ1) is 13.5. The van der Waals surface area contributed by atoms with Crippen molar-refractivity contribution in [3.63, 3.8) is 0 Å². The van der Waals surface area contributed by atoms with E-state index < -0.39 is 0 Å². The molecule has 1 amide bonds. The number of hydrogen-bond donors (Lipinski definition) is 2. The van der Waals surface area contributed by atoms with E-state index in [1.807, 2.05) is 38.1 Å². The largest absolute Gasteiger partial charge is 0.384 e. The third-order valence-electron chi connectivity index (χ3n) is 4.80. The Kier molecular flexibility index (Phi) is 4.43. The second-order valence-corrected chi connectivity index (χ2v) is 6.74. The Balaban J connectivity index is 2.02. The fourth-order valence-electron chi connectivity index (χ4n) is 3.13. The minimum Gasteiger partial charge on any atom is -0.384 e. The maximum atomic E-state index is 13.4. The highest BCUT2D eigenvalue weighted by Crippen LogP contribution is 2.31. The van der Waals surface area contributed by atoms with Crippen LogP contribution in [0.1, 0.15) is 30.6 Å². The molecular formula is C21H20FN5O. The van der Waals surface area contributed by atoms with Crippen LogP contribution >= 0.6 is 0 Å². The molecule has 2 aromatic heterocycles. The third kappa shape index (κ3) is 2.94. The van der Waals surface area contributed by atoms with Crippen molar-refractivity contribution in [1.29, 1.82) is 0 Å². The van der Waals surface area contributed by atoms with Gasteiger partial charge >= 0.3 is 0 Å². The SMILES string of the molecule is CC[C@H](C)NC(=O)c1c(N)n(-c2ccc(F)cc2)c2nc3ccccc3nc12. The summed E-state index contributed by atoms with van der Waals surface area (Å²) in [6.07, 6.45) is 0.789. The van der Waals surface area contributed by atoms with Gasteiger partial charge in [0.25, 0.3) is 5.91 Å². The van der Waals surface area contributed by atoms with Crippen LogP contribution in [0.4, 0.5) is 10.2 Å². The Morgan fingerprint density at radius 1 is 1.14 bits per heavy atom. The summed E-state index contributed by atoms with van der Waals surface area (Å²) in [6, 6.07) is 13.3. The average Bonchev–Trinajstić information content (AvgIpc) is 2.97. The summed E-state index contributed by atoms with van der Waals surface area (Å²) in [5, 5.41) is 2.94. The van der Waals surface area contributed by atoms with Crippen molar-refractivity contribution in [2.24, 2.45) is 0 Å². The van der Waals surface area contributed by atoms with Crippen molar-refractivity contribution in [3.05, 3.63) is 59.9 Å². The van der Waals surface area contributed by atoms with E-state index in [1.165, 1.54) is 12.1 Å². The van der Waals surface area contributed by atoms with Gasteiger partial charge in [-0.15, -0.1) is 0 Å². The number of amides is 1. The van der Waals surface area contributed by atoms with Crippen LogP contribution in [0.25, 0.3) is 27.9 Å². The van der Waals surface area contributed by atoms with E-state index in [2.05, 4.69) is 15.3 Å². The summed E-state index contributed by atoms with van der Waals surface area (Å²) < 4.78 is 15.0. The van der Waals surface area contributed by atoms with Gasteiger partial charge < -0.3 is 11.1 Å². The lowest BCUT2D eigenvalue weighted by Gasteiger charge is -2.11. The molecule has 7 heteroatoms. The Labute approximate surface area is 161 Å². The van der Waals surface area contributed by atoms with Crippen molar-refractivity contribution in [2.75, 3.05) is 5.73 Å². The predicted molar refractivity (Wildman–Crippen MR) is 108 cm³/mol. The predicted octanol–water partition coefficient (Wildman–Crippen LogP) is 3.82. The Bertz CT molecular complexity index is 1180. The second kappa shape index (κ2) is 6.92. The molecule has 0 radical (unpaired) electrons. The van der Waals surface area contributed by atoms with Gasteiger partial charge in [0.1, 0.15) is 22.7 Å². The number of nitrogens with zero attached hydrogens (tertiary/aromatic N) is 3. The zero-order chi connectivity index (χ0) is 19.8. The van der Waals surface area contributed by atoms with Gasteiger partial charge in [-0.2, -0.15) is 0 Å². The standard InChI is InChI=1S/C21H20FN5O/c1-3-12(2)24-21(28)17-18-20(26-16-7-5-4-6-15(16)25-18)27(19(17)23)14-10-8-13(22)9-11-14/h4-12H,3,23H2,1-2H3,(H,24,28)/t12-/m0/s1. The molecule has 4 rings (SSSR count). The Morgan fingerprint density at radius 2 is 1.79 bits per heavy atom. The van der Waals surface area contributed by atoms with E-state index in [0.717, 1.165) is 6.42 Å². The molecule has 2 heterocycles. The molecule has 1 atom stereocenters. The quantitative estimate of drug-likeness (QED) is 0.566. The van der Waals surface area contributed by atoms with Crippen LogP contribution in [0.5, 0.6) is 0 Å². The number of rotatable bonds is 4. The Hall–Kier alpha value is -3.48. The van der Waals surface area contributed by atoms with Gasteiger partial charge in [-0.05, 0) is 49.7 Å². The van der Waals surface area contributed by atoms with E-state index in [9.17, 15) is 9.18 Å². The molecule has 0 aliphatic carbocycles. The molecule has 0 saturated heterocycles. The number of carbonyl (C=O) groups is 1. The maximum Gasteiger partial charge on any atom is 0.257 e. The number of nitrogen functional groups attached to an aromatic ring is 1. The van der Waals surface area contributed by atoms with Crippen molar-refractivity contribution in [2.45, 2.75) is 26.3 Å². The smallest absolute Gasteiger partial charge is 0.257 e. The zero-order valence-electron chi connectivity index (χ0n) is 15.6. The monoisotopic (exact) mass is 377 g/mol. The first kappa shape index (κ1) is 17.9. The highest BCUT2D eigenvalue weighted by Gasteiger charge is 2.25. The lowest BCUT2D eigenvalue weighted by molar-refractivity contribution is 0.0941. The molecule has 0 unspecified atom stereocenters. The van der Waals surface area contributed by atoms with Gasteiger partial charge in [-0.3, -0.25) is 9.36 Å². The number of benzene rings is 2. The van der Waals surface area contributed by atoms with E-state index >= 15 is 0 Å². The van der Waals surface area contributed by atoms with Gasteiger partial charge in [0, 0.05) is 11.7 Å². The van der Waals surface area contributed by atoms with Crippen molar-refractivity contribution < 1.29 is 9.18 Å². The number of halogens is 1. The molecule has 0 aliphatic heterocycles. The molecule has 0 saturated carbocycles. The topological polar surface area (TPSA) is 85.8 Å². The normalized spacial score (nSPS) is 12.4. The van der Waals surface area contributed by atoms with Gasteiger partial charge in [-0.25, -0.2) is 14.4 Å².